The molecule has 1 saturated carbocycles. The summed E-state index contributed by atoms with van der Waals surface area (Å²) in [7, 11) is 0. The second-order valence-electron chi connectivity index (χ2n) is 6.71. The highest BCUT2D eigenvalue weighted by molar-refractivity contribution is 6.24. The van der Waals surface area contributed by atoms with Gasteiger partial charge in [-0.25, -0.2) is 0 Å². The van der Waals surface area contributed by atoms with E-state index in [4.69, 9.17) is 4.84 Å². The lowest BCUT2D eigenvalue weighted by atomic mass is 9.95. The summed E-state index contributed by atoms with van der Waals surface area (Å²) in [6, 6.07) is 16.6. The van der Waals surface area contributed by atoms with Crippen molar-refractivity contribution >= 4 is 11.6 Å². The van der Waals surface area contributed by atoms with E-state index in [-0.39, 0.29) is 12.5 Å². The summed E-state index contributed by atoms with van der Waals surface area (Å²) in [6.07, 6.45) is 5.81. The number of oxime groups is 1. The molecule has 2 aliphatic carbocycles. The van der Waals surface area contributed by atoms with Crippen molar-refractivity contribution < 1.29 is 9.63 Å². The van der Waals surface area contributed by atoms with Gasteiger partial charge in [-0.3, -0.25) is 4.79 Å². The molecule has 128 valence electrons. The molecule has 0 spiro atoms. The Hall–Kier alpha value is -2.62. The molecule has 2 aromatic carbocycles. The van der Waals surface area contributed by atoms with Gasteiger partial charge in [-0.05, 0) is 24.0 Å². The largest absolute Gasteiger partial charge is 0.385 e. The maximum Gasteiger partial charge on any atom is 0.260 e. The van der Waals surface area contributed by atoms with Gasteiger partial charge in [-0.2, -0.15) is 0 Å². The Morgan fingerprint density at radius 1 is 0.920 bits per heavy atom. The molecule has 0 radical (unpaired) electrons. The van der Waals surface area contributed by atoms with Crippen molar-refractivity contribution in [3.8, 4) is 11.1 Å². The minimum absolute atomic E-state index is 0.0374. The predicted molar refractivity (Wildman–Crippen MR) is 98.5 cm³/mol. The number of amides is 1. The van der Waals surface area contributed by atoms with Crippen molar-refractivity contribution in [3.63, 3.8) is 0 Å². The van der Waals surface area contributed by atoms with Gasteiger partial charge in [-0.15, -0.1) is 0 Å². The number of hydrogen-bond acceptors (Lipinski definition) is 3. The van der Waals surface area contributed by atoms with E-state index in [2.05, 4.69) is 22.6 Å². The number of benzene rings is 2. The smallest absolute Gasteiger partial charge is 0.260 e. The van der Waals surface area contributed by atoms with E-state index >= 15 is 0 Å². The molecule has 0 aliphatic heterocycles. The second kappa shape index (κ2) is 7.09. The fourth-order valence-corrected chi connectivity index (χ4v) is 3.76. The Bertz CT molecular complexity index is 760. The summed E-state index contributed by atoms with van der Waals surface area (Å²) in [5.74, 6) is -0.0872. The van der Waals surface area contributed by atoms with Crippen molar-refractivity contribution in [1.29, 1.82) is 0 Å². The summed E-state index contributed by atoms with van der Waals surface area (Å²) in [5.41, 5.74) is 5.23. The van der Waals surface area contributed by atoms with Crippen LogP contribution in [-0.4, -0.2) is 24.3 Å². The molecule has 2 aliphatic rings. The molecule has 4 rings (SSSR count). The maximum absolute atomic E-state index is 12.1. The van der Waals surface area contributed by atoms with Gasteiger partial charge >= 0.3 is 0 Å². The Morgan fingerprint density at radius 3 is 2.08 bits per heavy atom. The maximum atomic E-state index is 12.1. The van der Waals surface area contributed by atoms with Gasteiger partial charge in [-0.1, -0.05) is 72.9 Å². The van der Waals surface area contributed by atoms with Crippen LogP contribution in [0.15, 0.2) is 53.7 Å². The first-order chi connectivity index (χ1) is 12.3. The lowest BCUT2D eigenvalue weighted by molar-refractivity contribution is -0.126. The van der Waals surface area contributed by atoms with E-state index in [1.807, 2.05) is 36.4 Å². The lowest BCUT2D eigenvalue weighted by Crippen LogP contribution is -2.38. The number of nitrogens with zero attached hydrogens (tertiary/aromatic N) is 1. The van der Waals surface area contributed by atoms with Gasteiger partial charge < -0.3 is 10.2 Å². The van der Waals surface area contributed by atoms with E-state index in [1.54, 1.807) is 0 Å². The zero-order valence-corrected chi connectivity index (χ0v) is 14.2. The standard InChI is InChI=1S/C21H22N2O2/c24-20(22-15-8-2-1-3-9-15)14-25-23-21-18-12-6-4-10-16(18)17-11-5-7-13-19(17)21/h4-7,10-13,15H,1-3,8-9,14H2,(H,22,24). The minimum Gasteiger partial charge on any atom is -0.385 e. The van der Waals surface area contributed by atoms with Crippen LogP contribution in [0.5, 0.6) is 0 Å². The highest BCUT2D eigenvalue weighted by atomic mass is 16.6. The van der Waals surface area contributed by atoms with Crippen molar-refractivity contribution in [2.75, 3.05) is 6.61 Å². The molecule has 0 saturated heterocycles. The molecular formula is C21H22N2O2. The van der Waals surface area contributed by atoms with E-state index in [1.165, 1.54) is 19.3 Å². The number of rotatable bonds is 4. The molecule has 0 atom stereocenters. The molecule has 0 bridgehead atoms. The zero-order chi connectivity index (χ0) is 17.1. The highest BCUT2D eigenvalue weighted by Gasteiger charge is 2.24. The van der Waals surface area contributed by atoms with Crippen LogP contribution in [-0.2, 0) is 9.63 Å². The predicted octanol–water partition coefficient (Wildman–Crippen LogP) is 3.88. The molecule has 1 amide bonds. The summed E-state index contributed by atoms with van der Waals surface area (Å²) in [4.78, 5) is 17.5. The number of carbonyl (C=O) groups is 1. The van der Waals surface area contributed by atoms with Gasteiger partial charge in [0.15, 0.2) is 6.61 Å². The Labute approximate surface area is 147 Å². The van der Waals surface area contributed by atoms with E-state index < -0.39 is 0 Å². The van der Waals surface area contributed by atoms with E-state index in [0.717, 1.165) is 40.8 Å². The van der Waals surface area contributed by atoms with E-state index in [9.17, 15) is 4.79 Å². The van der Waals surface area contributed by atoms with Gasteiger partial charge in [0.05, 0.1) is 0 Å². The van der Waals surface area contributed by atoms with Crippen LogP contribution in [0, 0.1) is 0 Å². The number of nitrogens with one attached hydrogen (secondary N) is 1. The van der Waals surface area contributed by atoms with Crippen LogP contribution in [0.3, 0.4) is 0 Å². The fraction of sp³-hybridized carbons (Fsp3) is 0.333. The molecule has 25 heavy (non-hydrogen) atoms. The quantitative estimate of drug-likeness (QED) is 0.736. The summed E-state index contributed by atoms with van der Waals surface area (Å²) in [5, 5.41) is 7.34. The molecule has 1 N–H and O–H groups in total. The Kier molecular flexibility index (Phi) is 4.51. The molecule has 0 aromatic heterocycles. The Balaban J connectivity index is 1.45. The number of fused-ring (bicyclic) bond motifs is 3. The minimum atomic E-state index is -0.0872. The lowest BCUT2D eigenvalue weighted by Gasteiger charge is -2.22. The zero-order valence-electron chi connectivity index (χ0n) is 14.2. The first-order valence-electron chi connectivity index (χ1n) is 9.01. The van der Waals surface area contributed by atoms with Crippen LogP contribution in [0.2, 0.25) is 0 Å². The SMILES string of the molecule is O=C(CON=C1c2ccccc2-c2ccccc21)NC1CCCCC1. The Morgan fingerprint density at radius 2 is 1.48 bits per heavy atom. The normalized spacial score (nSPS) is 16.1. The van der Waals surface area contributed by atoms with Gasteiger partial charge in [0.25, 0.3) is 5.91 Å². The summed E-state index contributed by atoms with van der Waals surface area (Å²) >= 11 is 0. The monoisotopic (exact) mass is 334 g/mol. The molecule has 1 fully saturated rings. The van der Waals surface area contributed by atoms with Crippen LogP contribution in [0.1, 0.15) is 43.2 Å². The van der Waals surface area contributed by atoms with Crippen LogP contribution >= 0.6 is 0 Å². The third kappa shape index (κ3) is 3.29. The van der Waals surface area contributed by atoms with Crippen LogP contribution in [0.4, 0.5) is 0 Å². The molecule has 2 aromatic rings. The average Bonchev–Trinajstić information content (AvgIpc) is 2.97. The first-order valence-corrected chi connectivity index (χ1v) is 9.01. The molecule has 4 heteroatoms. The average molecular weight is 334 g/mol. The van der Waals surface area contributed by atoms with E-state index in [0.29, 0.717) is 6.04 Å². The molecule has 0 heterocycles. The van der Waals surface area contributed by atoms with Crippen molar-refractivity contribution in [2.24, 2.45) is 5.16 Å². The number of carbonyl (C=O) groups excluding carboxylic acids is 1. The summed E-state index contributed by atoms with van der Waals surface area (Å²) < 4.78 is 0. The summed E-state index contributed by atoms with van der Waals surface area (Å²) in [6.45, 7) is -0.0374. The molecule has 0 unspecified atom stereocenters. The van der Waals surface area contributed by atoms with Crippen molar-refractivity contribution in [2.45, 2.75) is 38.1 Å². The second-order valence-corrected chi connectivity index (χ2v) is 6.71. The van der Waals surface area contributed by atoms with Gasteiger partial charge in [0, 0.05) is 17.2 Å². The van der Waals surface area contributed by atoms with Gasteiger partial charge in [0.2, 0.25) is 0 Å². The fourth-order valence-electron chi connectivity index (χ4n) is 3.76. The number of hydrogen-bond donors (Lipinski definition) is 1. The van der Waals surface area contributed by atoms with Crippen molar-refractivity contribution in [3.05, 3.63) is 59.7 Å². The topological polar surface area (TPSA) is 50.7 Å². The molecular weight excluding hydrogens is 312 g/mol. The van der Waals surface area contributed by atoms with Crippen molar-refractivity contribution in [1.82, 2.24) is 5.32 Å². The molecule has 4 nitrogen and oxygen atoms in total. The van der Waals surface area contributed by atoms with Crippen LogP contribution in [0.25, 0.3) is 11.1 Å². The van der Waals surface area contributed by atoms with Gasteiger partial charge in [0.1, 0.15) is 5.71 Å². The third-order valence-electron chi connectivity index (χ3n) is 4.98. The highest BCUT2D eigenvalue weighted by Crippen LogP contribution is 2.36. The van der Waals surface area contributed by atoms with Crippen LogP contribution < -0.4 is 5.32 Å². The third-order valence-corrected chi connectivity index (χ3v) is 4.98. The first kappa shape index (κ1) is 15.9.